The van der Waals surface area contributed by atoms with Gasteiger partial charge in [-0.05, 0) is 18.6 Å². The Labute approximate surface area is 123 Å². The zero-order valence-electron chi connectivity index (χ0n) is 11.0. The van der Waals surface area contributed by atoms with Crippen LogP contribution in [-0.4, -0.2) is 16.1 Å². The summed E-state index contributed by atoms with van der Waals surface area (Å²) in [5.74, 6) is -0.959. The van der Waals surface area contributed by atoms with Crippen LogP contribution in [-0.2, 0) is 0 Å². The first-order valence-electron chi connectivity index (χ1n) is 6.09. The molecule has 0 aliphatic rings. The summed E-state index contributed by atoms with van der Waals surface area (Å²) in [7, 11) is 0. The number of thiazole rings is 1. The Balaban J connectivity index is 1.95. The summed E-state index contributed by atoms with van der Waals surface area (Å²) in [6.07, 6.45) is 1.17. The Bertz CT molecular complexity index is 822. The molecule has 106 valence electrons. The molecule has 21 heavy (non-hydrogen) atoms. The van der Waals surface area contributed by atoms with Crippen molar-refractivity contribution in [1.29, 1.82) is 0 Å². The second-order valence-electron chi connectivity index (χ2n) is 4.51. The van der Waals surface area contributed by atoms with Gasteiger partial charge in [0.2, 0.25) is 0 Å². The normalized spacial score (nSPS) is 10.8. The van der Waals surface area contributed by atoms with Crippen molar-refractivity contribution in [1.82, 2.24) is 4.98 Å². The average Bonchev–Trinajstić information content (AvgIpc) is 3.09. The molecule has 3 aromatic rings. The lowest BCUT2D eigenvalue weighted by atomic mass is 10.1. The summed E-state index contributed by atoms with van der Waals surface area (Å²) in [4.78, 5) is 15.2. The Morgan fingerprint density at radius 3 is 2.86 bits per heavy atom. The van der Waals surface area contributed by atoms with Gasteiger partial charge in [-0.2, -0.15) is 0 Å². The average molecular weight is 303 g/mol. The predicted octanol–water partition coefficient (Wildman–Crippen LogP) is 4.22. The SMILES string of the molecule is Cc1ccc(-c2nc(-c3cc(C(=O)O)co3)cs2)cc1F. The van der Waals surface area contributed by atoms with Crippen molar-refractivity contribution in [2.24, 2.45) is 0 Å². The second kappa shape index (κ2) is 5.14. The molecule has 2 heterocycles. The third-order valence-corrected chi connectivity index (χ3v) is 3.91. The molecule has 0 amide bonds. The van der Waals surface area contributed by atoms with E-state index < -0.39 is 5.97 Å². The molecule has 0 spiro atoms. The molecule has 4 nitrogen and oxygen atoms in total. The van der Waals surface area contributed by atoms with Crippen LogP contribution in [0.5, 0.6) is 0 Å². The van der Waals surface area contributed by atoms with E-state index in [2.05, 4.69) is 4.98 Å². The third-order valence-electron chi connectivity index (χ3n) is 3.02. The van der Waals surface area contributed by atoms with Crippen molar-refractivity contribution in [3.05, 3.63) is 52.9 Å². The van der Waals surface area contributed by atoms with Gasteiger partial charge in [0.05, 0.1) is 5.56 Å². The minimum atomic E-state index is -1.05. The first kappa shape index (κ1) is 13.5. The van der Waals surface area contributed by atoms with E-state index in [4.69, 9.17) is 9.52 Å². The monoisotopic (exact) mass is 303 g/mol. The van der Waals surface area contributed by atoms with E-state index in [9.17, 15) is 9.18 Å². The molecule has 1 N–H and O–H groups in total. The van der Waals surface area contributed by atoms with Gasteiger partial charge in [0.25, 0.3) is 0 Å². The topological polar surface area (TPSA) is 63.3 Å². The minimum absolute atomic E-state index is 0.0703. The molecule has 0 aliphatic heterocycles. The van der Waals surface area contributed by atoms with Crippen LogP contribution >= 0.6 is 11.3 Å². The van der Waals surface area contributed by atoms with Crippen molar-refractivity contribution in [2.45, 2.75) is 6.92 Å². The molecular weight excluding hydrogens is 293 g/mol. The number of hydrogen-bond donors (Lipinski definition) is 1. The number of aryl methyl sites for hydroxylation is 1. The molecule has 6 heteroatoms. The van der Waals surface area contributed by atoms with Gasteiger partial charge in [-0.15, -0.1) is 11.3 Å². The number of carbonyl (C=O) groups is 1. The molecule has 0 saturated carbocycles. The van der Waals surface area contributed by atoms with Gasteiger partial charge in [0.1, 0.15) is 22.8 Å². The number of furan rings is 1. The summed E-state index contributed by atoms with van der Waals surface area (Å²) in [5.41, 5.74) is 1.86. The summed E-state index contributed by atoms with van der Waals surface area (Å²) in [6, 6.07) is 6.34. The van der Waals surface area contributed by atoms with Crippen LogP contribution in [0.25, 0.3) is 22.0 Å². The highest BCUT2D eigenvalue weighted by Gasteiger charge is 2.13. The van der Waals surface area contributed by atoms with Gasteiger partial charge >= 0.3 is 5.97 Å². The van der Waals surface area contributed by atoms with Gasteiger partial charge < -0.3 is 9.52 Å². The second-order valence-corrected chi connectivity index (χ2v) is 5.36. The standard InChI is InChI=1S/C15H10FNO3S/c1-8-2-3-9(4-11(8)16)14-17-12(7-21-14)13-5-10(6-20-13)15(18)19/h2-7H,1H3,(H,18,19). The molecule has 0 radical (unpaired) electrons. The highest BCUT2D eigenvalue weighted by molar-refractivity contribution is 7.13. The van der Waals surface area contributed by atoms with E-state index in [1.165, 1.54) is 29.7 Å². The molecule has 0 aliphatic carbocycles. The molecule has 0 saturated heterocycles. The van der Waals surface area contributed by atoms with Gasteiger partial charge in [0.15, 0.2) is 5.76 Å². The number of aromatic nitrogens is 1. The summed E-state index contributed by atoms with van der Waals surface area (Å²) in [6.45, 7) is 1.70. The maximum absolute atomic E-state index is 13.6. The van der Waals surface area contributed by atoms with E-state index in [-0.39, 0.29) is 11.4 Å². The maximum Gasteiger partial charge on any atom is 0.338 e. The number of carboxylic acids is 1. The highest BCUT2D eigenvalue weighted by Crippen LogP contribution is 2.30. The van der Waals surface area contributed by atoms with Crippen LogP contribution < -0.4 is 0 Å². The molecule has 1 aromatic carbocycles. The lowest BCUT2D eigenvalue weighted by molar-refractivity contribution is 0.0696. The van der Waals surface area contributed by atoms with Crippen molar-refractivity contribution in [2.75, 3.05) is 0 Å². The molecule has 0 fully saturated rings. The molecule has 0 bridgehead atoms. The zero-order chi connectivity index (χ0) is 15.0. The van der Waals surface area contributed by atoms with Crippen LogP contribution in [0.3, 0.4) is 0 Å². The fraction of sp³-hybridized carbons (Fsp3) is 0.0667. The number of hydrogen-bond acceptors (Lipinski definition) is 4. The van der Waals surface area contributed by atoms with E-state index in [0.29, 0.717) is 27.6 Å². The zero-order valence-corrected chi connectivity index (χ0v) is 11.8. The Morgan fingerprint density at radius 1 is 1.38 bits per heavy atom. The van der Waals surface area contributed by atoms with Crippen LogP contribution in [0.1, 0.15) is 15.9 Å². The number of halogens is 1. The van der Waals surface area contributed by atoms with Crippen molar-refractivity contribution >= 4 is 17.3 Å². The Hall–Kier alpha value is -2.47. The fourth-order valence-corrected chi connectivity index (χ4v) is 2.63. The molecular formula is C15H10FNO3S. The van der Waals surface area contributed by atoms with Crippen molar-refractivity contribution in [3.63, 3.8) is 0 Å². The van der Waals surface area contributed by atoms with Gasteiger partial charge in [0, 0.05) is 17.0 Å². The first-order valence-corrected chi connectivity index (χ1v) is 6.97. The van der Waals surface area contributed by atoms with E-state index in [1.807, 2.05) is 0 Å². The van der Waals surface area contributed by atoms with Crippen LogP contribution in [0.4, 0.5) is 4.39 Å². The lowest BCUT2D eigenvalue weighted by Gasteiger charge is -1.99. The number of rotatable bonds is 3. The van der Waals surface area contributed by atoms with Gasteiger partial charge in [-0.1, -0.05) is 12.1 Å². The minimum Gasteiger partial charge on any atom is -0.478 e. The molecule has 3 rings (SSSR count). The Kier molecular flexibility index (Phi) is 3.31. The summed E-state index contributed by atoms with van der Waals surface area (Å²) >= 11 is 1.34. The number of benzene rings is 1. The largest absolute Gasteiger partial charge is 0.478 e. The van der Waals surface area contributed by atoms with Crippen molar-refractivity contribution < 1.29 is 18.7 Å². The Morgan fingerprint density at radius 2 is 2.19 bits per heavy atom. The third kappa shape index (κ3) is 2.57. The van der Waals surface area contributed by atoms with E-state index in [0.717, 1.165) is 0 Å². The summed E-state index contributed by atoms with van der Waals surface area (Å²) in [5, 5.41) is 11.3. The molecule has 0 atom stereocenters. The number of nitrogens with zero attached hydrogens (tertiary/aromatic N) is 1. The van der Waals surface area contributed by atoms with Gasteiger partial charge in [-0.3, -0.25) is 0 Å². The van der Waals surface area contributed by atoms with Crippen LogP contribution in [0, 0.1) is 12.7 Å². The van der Waals surface area contributed by atoms with Crippen LogP contribution in [0.2, 0.25) is 0 Å². The van der Waals surface area contributed by atoms with E-state index in [1.54, 1.807) is 24.4 Å². The predicted molar refractivity (Wildman–Crippen MR) is 76.9 cm³/mol. The smallest absolute Gasteiger partial charge is 0.338 e. The molecule has 2 aromatic heterocycles. The van der Waals surface area contributed by atoms with Crippen LogP contribution in [0.15, 0.2) is 40.3 Å². The highest BCUT2D eigenvalue weighted by atomic mass is 32.1. The molecule has 0 unspecified atom stereocenters. The lowest BCUT2D eigenvalue weighted by Crippen LogP contribution is -1.91. The number of carboxylic acid groups (broad SMARTS) is 1. The number of aromatic carboxylic acids is 1. The van der Waals surface area contributed by atoms with Crippen molar-refractivity contribution in [3.8, 4) is 22.0 Å². The summed E-state index contributed by atoms with van der Waals surface area (Å²) < 4.78 is 18.8. The fourth-order valence-electron chi connectivity index (χ4n) is 1.83. The van der Waals surface area contributed by atoms with Gasteiger partial charge in [-0.25, -0.2) is 14.2 Å². The first-order chi connectivity index (χ1) is 10.0. The van der Waals surface area contributed by atoms with E-state index >= 15 is 0 Å². The maximum atomic E-state index is 13.6. The quantitative estimate of drug-likeness (QED) is 0.787.